The Labute approximate surface area is 124 Å². The number of rotatable bonds is 3. The number of aromatic nitrogens is 1. The Kier molecular flexibility index (Phi) is 4.11. The molecule has 2 heterocycles. The maximum absolute atomic E-state index is 5.26. The summed E-state index contributed by atoms with van der Waals surface area (Å²) in [6.07, 6.45) is 1.95. The molecule has 3 rings (SSSR count). The van der Waals surface area contributed by atoms with Gasteiger partial charge in [0.2, 0.25) is 0 Å². The first kappa shape index (κ1) is 13.3. The van der Waals surface area contributed by atoms with Crippen LogP contribution in [0.15, 0.2) is 42.6 Å². The largest absolute Gasteiger partial charge is 0.497 e. The van der Waals surface area contributed by atoms with E-state index in [2.05, 4.69) is 28.1 Å². The van der Waals surface area contributed by atoms with Crippen LogP contribution in [0.25, 0.3) is 11.1 Å². The van der Waals surface area contributed by atoms with Gasteiger partial charge in [-0.15, -0.1) is 0 Å². The molecular weight excluding hydrogens is 268 g/mol. The van der Waals surface area contributed by atoms with Crippen LogP contribution in [0.2, 0.25) is 0 Å². The third-order valence-electron chi connectivity index (χ3n) is 3.49. The summed E-state index contributed by atoms with van der Waals surface area (Å²) in [4.78, 5) is 6.96. The lowest BCUT2D eigenvalue weighted by Gasteiger charge is -2.27. The summed E-state index contributed by atoms with van der Waals surface area (Å²) < 4.78 is 5.26. The van der Waals surface area contributed by atoms with Gasteiger partial charge in [-0.05, 0) is 29.8 Å². The molecule has 0 unspecified atom stereocenters. The van der Waals surface area contributed by atoms with Gasteiger partial charge in [-0.1, -0.05) is 12.1 Å². The third kappa shape index (κ3) is 2.90. The quantitative estimate of drug-likeness (QED) is 0.864. The molecule has 104 valence electrons. The highest BCUT2D eigenvalue weighted by molar-refractivity contribution is 7.99. The normalized spacial score (nSPS) is 15.2. The fourth-order valence-corrected chi connectivity index (χ4v) is 3.24. The van der Waals surface area contributed by atoms with E-state index in [0.717, 1.165) is 35.8 Å². The zero-order valence-electron chi connectivity index (χ0n) is 11.6. The van der Waals surface area contributed by atoms with Crippen molar-refractivity contribution in [1.29, 1.82) is 0 Å². The second kappa shape index (κ2) is 6.18. The van der Waals surface area contributed by atoms with Gasteiger partial charge >= 0.3 is 0 Å². The molecule has 0 bridgehead atoms. The number of ether oxygens (including phenoxy) is 1. The minimum absolute atomic E-state index is 0.875. The van der Waals surface area contributed by atoms with Crippen molar-refractivity contribution in [3.8, 4) is 16.9 Å². The first-order valence-electron chi connectivity index (χ1n) is 6.80. The van der Waals surface area contributed by atoms with Gasteiger partial charge in [0.15, 0.2) is 0 Å². The molecule has 1 fully saturated rings. The van der Waals surface area contributed by atoms with Crippen molar-refractivity contribution < 1.29 is 4.74 Å². The molecule has 0 N–H and O–H groups in total. The monoisotopic (exact) mass is 286 g/mol. The number of nitrogens with zero attached hydrogens (tertiary/aromatic N) is 2. The summed E-state index contributed by atoms with van der Waals surface area (Å²) in [6.45, 7) is 2.19. The first-order chi connectivity index (χ1) is 9.86. The summed E-state index contributed by atoms with van der Waals surface area (Å²) in [5.41, 5.74) is 2.26. The fraction of sp³-hybridized carbons (Fsp3) is 0.312. The van der Waals surface area contributed by atoms with E-state index in [9.17, 15) is 0 Å². The van der Waals surface area contributed by atoms with Crippen molar-refractivity contribution in [3.63, 3.8) is 0 Å². The second-order valence-electron chi connectivity index (χ2n) is 4.74. The van der Waals surface area contributed by atoms with E-state index >= 15 is 0 Å². The SMILES string of the molecule is COc1cccc(-c2ccc(N3CCSCC3)nc2)c1. The Morgan fingerprint density at radius 1 is 1.10 bits per heavy atom. The van der Waals surface area contributed by atoms with Crippen molar-refractivity contribution >= 4 is 17.6 Å². The van der Waals surface area contributed by atoms with E-state index in [1.165, 1.54) is 11.5 Å². The highest BCUT2D eigenvalue weighted by Crippen LogP contribution is 2.25. The highest BCUT2D eigenvalue weighted by atomic mass is 32.2. The van der Waals surface area contributed by atoms with Crippen LogP contribution in [0.5, 0.6) is 5.75 Å². The topological polar surface area (TPSA) is 25.4 Å². The number of pyridine rings is 1. The molecule has 1 aliphatic heterocycles. The molecule has 0 amide bonds. The van der Waals surface area contributed by atoms with Crippen LogP contribution in [0.1, 0.15) is 0 Å². The predicted molar refractivity (Wildman–Crippen MR) is 85.8 cm³/mol. The van der Waals surface area contributed by atoms with Gasteiger partial charge in [0, 0.05) is 36.4 Å². The van der Waals surface area contributed by atoms with Gasteiger partial charge in [0.05, 0.1) is 7.11 Å². The fourth-order valence-electron chi connectivity index (χ4n) is 2.34. The maximum atomic E-state index is 5.26. The Morgan fingerprint density at radius 2 is 1.95 bits per heavy atom. The molecule has 0 radical (unpaired) electrons. The van der Waals surface area contributed by atoms with Crippen LogP contribution in [0.3, 0.4) is 0 Å². The zero-order valence-corrected chi connectivity index (χ0v) is 12.4. The average Bonchev–Trinajstić information content (AvgIpc) is 2.56. The van der Waals surface area contributed by atoms with Crippen molar-refractivity contribution in [2.75, 3.05) is 36.6 Å². The van der Waals surface area contributed by atoms with Crippen LogP contribution in [0, 0.1) is 0 Å². The van der Waals surface area contributed by atoms with Gasteiger partial charge in [-0.3, -0.25) is 0 Å². The highest BCUT2D eigenvalue weighted by Gasteiger charge is 2.12. The Morgan fingerprint density at radius 3 is 2.65 bits per heavy atom. The van der Waals surface area contributed by atoms with Crippen LogP contribution >= 0.6 is 11.8 Å². The van der Waals surface area contributed by atoms with E-state index < -0.39 is 0 Å². The number of anilines is 1. The number of hydrogen-bond donors (Lipinski definition) is 0. The van der Waals surface area contributed by atoms with Crippen molar-refractivity contribution in [1.82, 2.24) is 4.98 Å². The van der Waals surface area contributed by atoms with Crippen molar-refractivity contribution in [2.24, 2.45) is 0 Å². The minimum atomic E-state index is 0.875. The smallest absolute Gasteiger partial charge is 0.128 e. The molecular formula is C16H18N2OS. The summed E-state index contributed by atoms with van der Waals surface area (Å²) in [6, 6.07) is 12.3. The lowest BCUT2D eigenvalue weighted by atomic mass is 10.1. The van der Waals surface area contributed by atoms with E-state index in [-0.39, 0.29) is 0 Å². The number of methoxy groups -OCH3 is 1. The molecule has 0 saturated carbocycles. The molecule has 4 heteroatoms. The first-order valence-corrected chi connectivity index (χ1v) is 7.95. The number of thioether (sulfide) groups is 1. The standard InChI is InChI=1S/C16H18N2OS/c1-19-15-4-2-3-13(11-15)14-5-6-16(17-12-14)18-7-9-20-10-8-18/h2-6,11-12H,7-10H2,1H3. The summed E-state index contributed by atoms with van der Waals surface area (Å²) in [5.74, 6) is 4.34. The summed E-state index contributed by atoms with van der Waals surface area (Å²) >= 11 is 2.01. The van der Waals surface area contributed by atoms with Crippen LogP contribution in [-0.4, -0.2) is 36.7 Å². The lowest BCUT2D eigenvalue weighted by Crippen LogP contribution is -2.32. The van der Waals surface area contributed by atoms with Crippen molar-refractivity contribution in [2.45, 2.75) is 0 Å². The Hall–Kier alpha value is -1.68. The van der Waals surface area contributed by atoms with Crippen molar-refractivity contribution in [3.05, 3.63) is 42.6 Å². The van der Waals surface area contributed by atoms with E-state index in [0.29, 0.717) is 0 Å². The Bertz CT molecular complexity index is 565. The van der Waals surface area contributed by atoms with Gasteiger partial charge in [-0.2, -0.15) is 11.8 Å². The van der Waals surface area contributed by atoms with E-state index in [4.69, 9.17) is 4.74 Å². The van der Waals surface area contributed by atoms with Gasteiger partial charge in [0.1, 0.15) is 11.6 Å². The summed E-state index contributed by atoms with van der Waals surface area (Å²) in [5, 5.41) is 0. The average molecular weight is 286 g/mol. The number of benzene rings is 1. The number of hydrogen-bond acceptors (Lipinski definition) is 4. The molecule has 1 saturated heterocycles. The zero-order chi connectivity index (χ0) is 13.8. The molecule has 0 spiro atoms. The third-order valence-corrected chi connectivity index (χ3v) is 4.43. The molecule has 20 heavy (non-hydrogen) atoms. The van der Waals surface area contributed by atoms with E-state index in [1.807, 2.05) is 36.2 Å². The van der Waals surface area contributed by atoms with E-state index in [1.54, 1.807) is 7.11 Å². The van der Waals surface area contributed by atoms with Gasteiger partial charge in [-0.25, -0.2) is 4.98 Å². The van der Waals surface area contributed by atoms with Crippen LogP contribution in [0.4, 0.5) is 5.82 Å². The predicted octanol–water partition coefficient (Wildman–Crippen LogP) is 3.31. The Balaban J connectivity index is 1.81. The molecule has 2 aromatic rings. The van der Waals surface area contributed by atoms with Gasteiger partial charge in [0.25, 0.3) is 0 Å². The molecule has 1 aliphatic rings. The lowest BCUT2D eigenvalue weighted by molar-refractivity contribution is 0.415. The van der Waals surface area contributed by atoms with Crippen LogP contribution < -0.4 is 9.64 Å². The van der Waals surface area contributed by atoms with Gasteiger partial charge < -0.3 is 9.64 Å². The summed E-state index contributed by atoms with van der Waals surface area (Å²) in [7, 11) is 1.69. The molecule has 1 aromatic heterocycles. The molecule has 3 nitrogen and oxygen atoms in total. The van der Waals surface area contributed by atoms with Crippen LogP contribution in [-0.2, 0) is 0 Å². The second-order valence-corrected chi connectivity index (χ2v) is 5.96. The minimum Gasteiger partial charge on any atom is -0.497 e. The molecule has 0 atom stereocenters. The molecule has 1 aromatic carbocycles. The molecule has 0 aliphatic carbocycles. The maximum Gasteiger partial charge on any atom is 0.128 e.